The van der Waals surface area contributed by atoms with E-state index in [0.29, 0.717) is 11.3 Å². The van der Waals surface area contributed by atoms with Crippen LogP contribution in [0.2, 0.25) is 0 Å². The van der Waals surface area contributed by atoms with Crippen LogP contribution in [0.1, 0.15) is 11.6 Å². The van der Waals surface area contributed by atoms with Crippen molar-refractivity contribution in [3.8, 4) is 17.0 Å². The Labute approximate surface area is 170 Å². The van der Waals surface area contributed by atoms with Crippen LogP contribution < -0.4 is 15.6 Å². The SMILES string of the molecule is COc1ccc(-c2ccc(=O)n(CC(=O)NC(C(=O)O)c3ccccc3)n2)c(F)c1. The molecule has 0 spiro atoms. The first-order valence-electron chi connectivity index (χ1n) is 8.88. The van der Waals surface area contributed by atoms with E-state index in [1.165, 1.54) is 25.3 Å². The van der Waals surface area contributed by atoms with E-state index in [2.05, 4.69) is 10.4 Å². The molecule has 30 heavy (non-hydrogen) atoms. The van der Waals surface area contributed by atoms with Gasteiger partial charge in [0.15, 0.2) is 6.04 Å². The molecule has 1 amide bonds. The molecular weight excluding hydrogens is 393 g/mol. The zero-order valence-electron chi connectivity index (χ0n) is 15.9. The molecule has 0 aliphatic heterocycles. The third-order valence-electron chi connectivity index (χ3n) is 4.30. The first kappa shape index (κ1) is 20.7. The largest absolute Gasteiger partial charge is 0.497 e. The van der Waals surface area contributed by atoms with Crippen molar-refractivity contribution in [2.45, 2.75) is 12.6 Å². The first-order chi connectivity index (χ1) is 14.4. The second-order valence-electron chi connectivity index (χ2n) is 6.31. The number of carbonyl (C=O) groups excluding carboxylic acids is 1. The number of hydrogen-bond donors (Lipinski definition) is 2. The topological polar surface area (TPSA) is 111 Å². The van der Waals surface area contributed by atoms with Crippen molar-refractivity contribution in [2.75, 3.05) is 7.11 Å². The Morgan fingerprint density at radius 2 is 1.90 bits per heavy atom. The average Bonchev–Trinajstić information content (AvgIpc) is 2.74. The van der Waals surface area contributed by atoms with Crippen LogP contribution in [0, 0.1) is 5.82 Å². The smallest absolute Gasteiger partial charge is 0.330 e. The number of benzene rings is 2. The lowest BCUT2D eigenvalue weighted by Crippen LogP contribution is -2.38. The molecule has 3 aromatic rings. The highest BCUT2D eigenvalue weighted by Crippen LogP contribution is 2.24. The van der Waals surface area contributed by atoms with E-state index in [4.69, 9.17) is 4.74 Å². The molecule has 1 aromatic heterocycles. The number of carboxylic acid groups (broad SMARTS) is 1. The summed E-state index contributed by atoms with van der Waals surface area (Å²) in [6, 6.07) is 13.5. The normalized spacial score (nSPS) is 11.5. The standard InChI is InChI=1S/C21H18FN3O5/c1-30-14-7-8-15(16(22)11-14)17-9-10-19(27)25(24-17)12-18(26)23-20(21(28)29)13-5-3-2-4-6-13/h2-11,20H,12H2,1H3,(H,23,26)(H,28,29). The second-order valence-corrected chi connectivity index (χ2v) is 6.31. The van der Waals surface area contributed by atoms with Crippen LogP contribution in [0.25, 0.3) is 11.3 Å². The van der Waals surface area contributed by atoms with Crippen molar-refractivity contribution in [3.63, 3.8) is 0 Å². The summed E-state index contributed by atoms with van der Waals surface area (Å²) >= 11 is 0. The van der Waals surface area contributed by atoms with Gasteiger partial charge in [-0.05, 0) is 23.8 Å². The van der Waals surface area contributed by atoms with Crippen molar-refractivity contribution >= 4 is 11.9 Å². The Bertz CT molecular complexity index is 1130. The summed E-state index contributed by atoms with van der Waals surface area (Å²) in [5, 5.41) is 15.8. The minimum atomic E-state index is -1.28. The maximum Gasteiger partial charge on any atom is 0.330 e. The molecule has 1 heterocycles. The van der Waals surface area contributed by atoms with Crippen molar-refractivity contribution < 1.29 is 23.8 Å². The molecule has 3 rings (SSSR count). The molecule has 0 bridgehead atoms. The summed E-state index contributed by atoms with van der Waals surface area (Å²) in [4.78, 5) is 36.0. The number of hydrogen-bond acceptors (Lipinski definition) is 5. The zero-order chi connectivity index (χ0) is 21.7. The summed E-state index contributed by atoms with van der Waals surface area (Å²) in [6.45, 7) is -0.527. The lowest BCUT2D eigenvalue weighted by molar-refractivity contribution is -0.142. The summed E-state index contributed by atoms with van der Waals surface area (Å²) < 4.78 is 20.1. The van der Waals surface area contributed by atoms with Gasteiger partial charge >= 0.3 is 5.97 Å². The molecule has 9 heteroatoms. The number of rotatable bonds is 7. The highest BCUT2D eigenvalue weighted by Gasteiger charge is 2.22. The van der Waals surface area contributed by atoms with Gasteiger partial charge in [0.25, 0.3) is 5.56 Å². The van der Waals surface area contributed by atoms with E-state index in [1.54, 1.807) is 36.4 Å². The number of carbonyl (C=O) groups is 2. The average molecular weight is 411 g/mol. The molecule has 1 unspecified atom stereocenters. The quantitative estimate of drug-likeness (QED) is 0.615. The molecule has 0 fully saturated rings. The number of halogens is 1. The van der Waals surface area contributed by atoms with Gasteiger partial charge in [-0.25, -0.2) is 13.9 Å². The van der Waals surface area contributed by atoms with Crippen LogP contribution >= 0.6 is 0 Å². The van der Waals surface area contributed by atoms with E-state index in [1.807, 2.05) is 0 Å². The predicted molar refractivity (Wildman–Crippen MR) is 105 cm³/mol. The maximum atomic E-state index is 14.3. The highest BCUT2D eigenvalue weighted by atomic mass is 19.1. The molecule has 0 radical (unpaired) electrons. The van der Waals surface area contributed by atoms with E-state index >= 15 is 0 Å². The fourth-order valence-electron chi connectivity index (χ4n) is 2.81. The number of aromatic nitrogens is 2. The van der Waals surface area contributed by atoms with Gasteiger partial charge in [-0.1, -0.05) is 30.3 Å². The van der Waals surface area contributed by atoms with Crippen LogP contribution in [0.5, 0.6) is 5.75 Å². The molecule has 8 nitrogen and oxygen atoms in total. The fraction of sp³-hybridized carbons (Fsp3) is 0.143. The van der Waals surface area contributed by atoms with Crippen LogP contribution in [-0.2, 0) is 16.1 Å². The maximum absolute atomic E-state index is 14.3. The Morgan fingerprint density at radius 1 is 1.17 bits per heavy atom. The van der Waals surface area contributed by atoms with E-state index in [-0.39, 0.29) is 11.3 Å². The summed E-state index contributed by atoms with van der Waals surface area (Å²) in [5.74, 6) is -2.26. The van der Waals surface area contributed by atoms with Gasteiger partial charge in [-0.2, -0.15) is 5.10 Å². The third-order valence-corrected chi connectivity index (χ3v) is 4.30. The monoisotopic (exact) mass is 411 g/mol. The summed E-state index contributed by atoms with van der Waals surface area (Å²) in [7, 11) is 1.41. The van der Waals surface area contributed by atoms with Crippen LogP contribution in [0.3, 0.4) is 0 Å². The van der Waals surface area contributed by atoms with Gasteiger partial charge in [0.1, 0.15) is 18.1 Å². The Balaban J connectivity index is 1.83. The van der Waals surface area contributed by atoms with Crippen molar-refractivity contribution in [1.29, 1.82) is 0 Å². The Hall–Kier alpha value is -4.01. The molecule has 0 aliphatic rings. The first-order valence-corrected chi connectivity index (χ1v) is 8.88. The van der Waals surface area contributed by atoms with Gasteiger partial charge in [-0.3, -0.25) is 9.59 Å². The molecular formula is C21H18FN3O5. The number of nitrogens with one attached hydrogen (secondary N) is 1. The molecule has 2 aromatic carbocycles. The van der Waals surface area contributed by atoms with Gasteiger partial charge in [0, 0.05) is 17.7 Å². The van der Waals surface area contributed by atoms with Crippen LogP contribution in [0.15, 0.2) is 65.5 Å². The number of aliphatic carboxylic acids is 1. The van der Waals surface area contributed by atoms with E-state index in [9.17, 15) is 23.9 Å². The lowest BCUT2D eigenvalue weighted by Gasteiger charge is -2.15. The van der Waals surface area contributed by atoms with Gasteiger partial charge in [-0.15, -0.1) is 0 Å². The fourth-order valence-corrected chi connectivity index (χ4v) is 2.81. The third kappa shape index (κ3) is 4.69. The molecule has 2 N–H and O–H groups in total. The minimum Gasteiger partial charge on any atom is -0.497 e. The molecule has 0 saturated heterocycles. The van der Waals surface area contributed by atoms with Crippen LogP contribution in [0.4, 0.5) is 4.39 Å². The summed E-state index contributed by atoms with van der Waals surface area (Å²) in [5.41, 5.74) is 0.0557. The Morgan fingerprint density at radius 3 is 2.53 bits per heavy atom. The highest BCUT2D eigenvalue weighted by molar-refractivity contribution is 5.84. The van der Waals surface area contributed by atoms with E-state index < -0.39 is 35.8 Å². The number of carboxylic acids is 1. The van der Waals surface area contributed by atoms with Gasteiger partial charge in [0.2, 0.25) is 5.91 Å². The zero-order valence-corrected chi connectivity index (χ0v) is 15.9. The second kappa shape index (κ2) is 8.99. The number of methoxy groups -OCH3 is 1. The number of ether oxygens (including phenoxy) is 1. The number of nitrogens with zero attached hydrogens (tertiary/aromatic N) is 2. The lowest BCUT2D eigenvalue weighted by atomic mass is 10.1. The predicted octanol–water partition coefficient (Wildman–Crippen LogP) is 2.00. The van der Waals surface area contributed by atoms with Gasteiger partial charge < -0.3 is 15.2 Å². The molecule has 1 atom stereocenters. The summed E-state index contributed by atoms with van der Waals surface area (Å²) in [6.07, 6.45) is 0. The minimum absolute atomic E-state index is 0.123. The number of amides is 1. The van der Waals surface area contributed by atoms with Crippen LogP contribution in [-0.4, -0.2) is 33.9 Å². The molecule has 0 aliphatic carbocycles. The van der Waals surface area contributed by atoms with Crippen molar-refractivity contribution in [3.05, 3.63) is 82.4 Å². The Kier molecular flexibility index (Phi) is 6.21. The molecule has 154 valence electrons. The van der Waals surface area contributed by atoms with Crippen molar-refractivity contribution in [1.82, 2.24) is 15.1 Å². The van der Waals surface area contributed by atoms with Crippen molar-refractivity contribution in [2.24, 2.45) is 0 Å². The molecule has 0 saturated carbocycles. The van der Waals surface area contributed by atoms with E-state index in [0.717, 1.165) is 10.7 Å². The van der Waals surface area contributed by atoms with Gasteiger partial charge in [0.05, 0.1) is 12.8 Å².